The van der Waals surface area contributed by atoms with E-state index in [1.54, 1.807) is 11.8 Å². The lowest BCUT2D eigenvalue weighted by atomic mass is 9.97. The van der Waals surface area contributed by atoms with E-state index in [4.69, 9.17) is 11.6 Å². The SMILES string of the molecule is CC1(C)CN=C(Nc2ccc(Br)c(Cl)c2)SC1. The molecule has 17 heavy (non-hydrogen) atoms. The number of halogens is 2. The van der Waals surface area contributed by atoms with Gasteiger partial charge < -0.3 is 5.32 Å². The second kappa shape index (κ2) is 5.21. The van der Waals surface area contributed by atoms with Crippen LogP contribution in [0.15, 0.2) is 27.7 Å². The van der Waals surface area contributed by atoms with Gasteiger partial charge in [0.15, 0.2) is 5.17 Å². The van der Waals surface area contributed by atoms with Crippen molar-refractivity contribution in [3.05, 3.63) is 27.7 Å². The highest BCUT2D eigenvalue weighted by Gasteiger charge is 2.23. The summed E-state index contributed by atoms with van der Waals surface area (Å²) in [6.45, 7) is 5.33. The maximum absolute atomic E-state index is 6.04. The highest BCUT2D eigenvalue weighted by molar-refractivity contribution is 9.10. The third-order valence-corrected chi connectivity index (χ3v) is 5.08. The Labute approximate surface area is 119 Å². The van der Waals surface area contributed by atoms with Crippen molar-refractivity contribution in [3.63, 3.8) is 0 Å². The minimum absolute atomic E-state index is 0.299. The Balaban J connectivity index is 2.07. The molecule has 0 saturated heterocycles. The first-order valence-corrected chi connectivity index (χ1v) is 7.51. The molecule has 0 fully saturated rings. The Morgan fingerprint density at radius 1 is 1.47 bits per heavy atom. The molecule has 1 aliphatic heterocycles. The fourth-order valence-corrected chi connectivity index (χ4v) is 2.81. The molecule has 0 bridgehead atoms. The van der Waals surface area contributed by atoms with Crippen LogP contribution >= 0.6 is 39.3 Å². The van der Waals surface area contributed by atoms with Gasteiger partial charge in [0, 0.05) is 22.5 Å². The summed E-state index contributed by atoms with van der Waals surface area (Å²) in [5.41, 5.74) is 1.27. The molecule has 1 aliphatic rings. The lowest BCUT2D eigenvalue weighted by Crippen LogP contribution is -2.27. The predicted molar refractivity (Wildman–Crippen MR) is 81.3 cm³/mol. The van der Waals surface area contributed by atoms with Crippen LogP contribution in [0.5, 0.6) is 0 Å². The molecule has 0 saturated carbocycles. The van der Waals surface area contributed by atoms with Crippen LogP contribution < -0.4 is 5.32 Å². The fourth-order valence-electron chi connectivity index (χ4n) is 1.41. The quantitative estimate of drug-likeness (QED) is 0.809. The molecule has 0 aliphatic carbocycles. The van der Waals surface area contributed by atoms with E-state index in [0.717, 1.165) is 27.6 Å². The topological polar surface area (TPSA) is 24.4 Å². The Morgan fingerprint density at radius 3 is 2.82 bits per heavy atom. The molecule has 0 radical (unpaired) electrons. The molecule has 1 aromatic rings. The van der Waals surface area contributed by atoms with E-state index < -0.39 is 0 Å². The van der Waals surface area contributed by atoms with Crippen molar-refractivity contribution in [2.45, 2.75) is 13.8 Å². The molecular weight excluding hydrogens is 320 g/mol. The summed E-state index contributed by atoms with van der Waals surface area (Å²) in [4.78, 5) is 4.54. The van der Waals surface area contributed by atoms with Crippen molar-refractivity contribution in [2.75, 3.05) is 17.6 Å². The minimum atomic E-state index is 0.299. The number of hydrogen-bond acceptors (Lipinski definition) is 3. The van der Waals surface area contributed by atoms with E-state index in [1.807, 2.05) is 18.2 Å². The Bertz CT molecular complexity index is 460. The summed E-state index contributed by atoms with van der Waals surface area (Å²) >= 11 is 11.2. The number of thioether (sulfide) groups is 1. The second-order valence-corrected chi connectivity index (χ2v) is 7.05. The highest BCUT2D eigenvalue weighted by Crippen LogP contribution is 2.30. The van der Waals surface area contributed by atoms with E-state index >= 15 is 0 Å². The van der Waals surface area contributed by atoms with Crippen LogP contribution in [0, 0.1) is 5.41 Å². The number of nitrogens with one attached hydrogen (secondary N) is 1. The largest absolute Gasteiger partial charge is 0.335 e. The van der Waals surface area contributed by atoms with Gasteiger partial charge in [0.25, 0.3) is 0 Å². The van der Waals surface area contributed by atoms with Gasteiger partial charge in [-0.25, -0.2) is 0 Å². The molecule has 2 rings (SSSR count). The number of aliphatic imine (C=N–C) groups is 1. The first kappa shape index (κ1) is 13.2. The van der Waals surface area contributed by atoms with Gasteiger partial charge in [0.1, 0.15) is 0 Å². The van der Waals surface area contributed by atoms with Crippen molar-refractivity contribution >= 4 is 50.1 Å². The summed E-state index contributed by atoms with van der Waals surface area (Å²) in [7, 11) is 0. The van der Waals surface area contributed by atoms with Crippen molar-refractivity contribution in [1.82, 2.24) is 0 Å². The molecule has 0 atom stereocenters. The van der Waals surface area contributed by atoms with E-state index in [-0.39, 0.29) is 0 Å². The number of amidine groups is 1. The molecule has 0 spiro atoms. The maximum atomic E-state index is 6.04. The molecule has 1 N–H and O–H groups in total. The van der Waals surface area contributed by atoms with Crippen molar-refractivity contribution in [2.24, 2.45) is 10.4 Å². The minimum Gasteiger partial charge on any atom is -0.335 e. The zero-order chi connectivity index (χ0) is 12.5. The number of nitrogens with zero attached hydrogens (tertiary/aromatic N) is 1. The second-order valence-electron chi connectivity index (χ2n) is 4.83. The predicted octanol–water partition coefficient (Wildman–Crippen LogP) is 4.64. The molecular formula is C12H14BrClN2S. The fraction of sp³-hybridized carbons (Fsp3) is 0.417. The Kier molecular flexibility index (Phi) is 4.06. The van der Waals surface area contributed by atoms with Crippen molar-refractivity contribution in [3.8, 4) is 0 Å². The Hall–Kier alpha value is -0.190. The summed E-state index contributed by atoms with van der Waals surface area (Å²) < 4.78 is 0.907. The van der Waals surface area contributed by atoms with E-state index in [1.165, 1.54) is 0 Å². The van der Waals surface area contributed by atoms with Gasteiger partial charge in [-0.15, -0.1) is 0 Å². The summed E-state index contributed by atoms with van der Waals surface area (Å²) in [6.07, 6.45) is 0. The molecule has 0 unspecified atom stereocenters. The lowest BCUT2D eigenvalue weighted by molar-refractivity contribution is 0.438. The molecule has 5 heteroatoms. The van der Waals surface area contributed by atoms with Gasteiger partial charge in [-0.2, -0.15) is 0 Å². The number of rotatable bonds is 1. The number of hydrogen-bond donors (Lipinski definition) is 1. The lowest BCUT2D eigenvalue weighted by Gasteiger charge is -2.27. The zero-order valence-corrected chi connectivity index (χ0v) is 12.9. The van der Waals surface area contributed by atoms with Crippen LogP contribution in [0.4, 0.5) is 5.69 Å². The highest BCUT2D eigenvalue weighted by atomic mass is 79.9. The van der Waals surface area contributed by atoms with Gasteiger partial charge in [-0.05, 0) is 39.5 Å². The van der Waals surface area contributed by atoms with E-state index in [2.05, 4.69) is 40.1 Å². The molecule has 0 amide bonds. The van der Waals surface area contributed by atoms with E-state index in [9.17, 15) is 0 Å². The molecule has 92 valence electrons. The van der Waals surface area contributed by atoms with Crippen LogP contribution in [0.3, 0.4) is 0 Å². The molecule has 1 aromatic carbocycles. The third-order valence-electron chi connectivity index (χ3n) is 2.42. The Morgan fingerprint density at radius 2 is 2.24 bits per heavy atom. The summed E-state index contributed by atoms with van der Waals surface area (Å²) in [6, 6.07) is 5.82. The molecule has 0 aromatic heterocycles. The maximum Gasteiger partial charge on any atom is 0.161 e. The average Bonchev–Trinajstić information content (AvgIpc) is 2.27. The first-order chi connectivity index (χ1) is 7.96. The van der Waals surface area contributed by atoms with Gasteiger partial charge in [0.2, 0.25) is 0 Å². The normalized spacial score (nSPS) is 18.7. The van der Waals surface area contributed by atoms with Gasteiger partial charge >= 0.3 is 0 Å². The van der Waals surface area contributed by atoms with Crippen LogP contribution in [-0.4, -0.2) is 17.5 Å². The third kappa shape index (κ3) is 3.63. The smallest absolute Gasteiger partial charge is 0.161 e. The molecule has 2 nitrogen and oxygen atoms in total. The molecule has 1 heterocycles. The van der Waals surface area contributed by atoms with Crippen LogP contribution in [-0.2, 0) is 0 Å². The van der Waals surface area contributed by atoms with Crippen LogP contribution in [0.2, 0.25) is 5.02 Å². The first-order valence-electron chi connectivity index (χ1n) is 5.36. The summed E-state index contributed by atoms with van der Waals surface area (Å²) in [5.74, 6) is 1.09. The van der Waals surface area contributed by atoms with E-state index in [0.29, 0.717) is 10.4 Å². The van der Waals surface area contributed by atoms with Crippen LogP contribution in [0.25, 0.3) is 0 Å². The monoisotopic (exact) mass is 332 g/mol. The van der Waals surface area contributed by atoms with Gasteiger partial charge in [-0.1, -0.05) is 37.2 Å². The van der Waals surface area contributed by atoms with Gasteiger partial charge in [0.05, 0.1) is 5.02 Å². The van der Waals surface area contributed by atoms with Crippen LogP contribution in [0.1, 0.15) is 13.8 Å². The van der Waals surface area contributed by atoms with Crippen molar-refractivity contribution in [1.29, 1.82) is 0 Å². The standard InChI is InChI=1S/C12H14BrClN2S/c1-12(2)6-15-11(17-7-12)16-8-3-4-9(13)10(14)5-8/h3-5H,6-7H2,1-2H3,(H,15,16). The average molecular weight is 334 g/mol. The number of benzene rings is 1. The zero-order valence-electron chi connectivity index (χ0n) is 9.76. The van der Waals surface area contributed by atoms with Gasteiger partial charge in [-0.3, -0.25) is 4.99 Å². The summed E-state index contributed by atoms with van der Waals surface area (Å²) in [5, 5.41) is 4.97. The number of anilines is 1. The van der Waals surface area contributed by atoms with Crippen molar-refractivity contribution < 1.29 is 0 Å².